The van der Waals surface area contributed by atoms with E-state index in [2.05, 4.69) is 0 Å². The van der Waals surface area contributed by atoms with Crippen LogP contribution in [0.1, 0.15) is 39.0 Å². The average molecular weight is 184 g/mol. The molecule has 3 heteroatoms. The Hall–Kier alpha value is -0.410. The Kier molecular flexibility index (Phi) is 1.79. The van der Waals surface area contributed by atoms with Gasteiger partial charge in [0.25, 0.3) is 0 Å². The molecule has 0 aliphatic heterocycles. The van der Waals surface area contributed by atoms with Gasteiger partial charge in [0.1, 0.15) is 5.78 Å². The lowest BCUT2D eigenvalue weighted by Gasteiger charge is -2.44. The van der Waals surface area contributed by atoms with Crippen molar-refractivity contribution in [1.29, 1.82) is 0 Å². The Labute approximate surface area is 77.8 Å². The molecular formula is C10H16O3. The lowest BCUT2D eigenvalue weighted by atomic mass is 9.65. The lowest BCUT2D eigenvalue weighted by Crippen LogP contribution is -2.51. The van der Waals surface area contributed by atoms with Gasteiger partial charge in [-0.1, -0.05) is 0 Å². The van der Waals surface area contributed by atoms with Crippen LogP contribution in [0, 0.1) is 5.41 Å². The standard InChI is InChI=1S/C10H16O3/c1-9-4-2-7(11)6-10(9,13)5-3-8(9)12/h7,11,13H,2-6H2,1H3. The van der Waals surface area contributed by atoms with Crippen molar-refractivity contribution in [3.8, 4) is 0 Å². The number of aliphatic hydroxyl groups excluding tert-OH is 1. The lowest BCUT2D eigenvalue weighted by molar-refractivity contribution is -0.148. The van der Waals surface area contributed by atoms with Gasteiger partial charge in [-0.3, -0.25) is 4.79 Å². The van der Waals surface area contributed by atoms with Crippen molar-refractivity contribution in [1.82, 2.24) is 0 Å². The van der Waals surface area contributed by atoms with Crippen LogP contribution < -0.4 is 0 Å². The molecule has 0 aromatic heterocycles. The average Bonchev–Trinajstić information content (AvgIpc) is 2.28. The number of rotatable bonds is 0. The molecule has 2 saturated carbocycles. The summed E-state index contributed by atoms with van der Waals surface area (Å²) in [4.78, 5) is 11.6. The Morgan fingerprint density at radius 2 is 2.15 bits per heavy atom. The summed E-state index contributed by atoms with van der Waals surface area (Å²) in [6.45, 7) is 1.84. The Morgan fingerprint density at radius 3 is 2.85 bits per heavy atom. The summed E-state index contributed by atoms with van der Waals surface area (Å²) in [5, 5.41) is 19.7. The maximum Gasteiger partial charge on any atom is 0.141 e. The zero-order chi connectivity index (χ0) is 9.69. The van der Waals surface area contributed by atoms with Crippen molar-refractivity contribution in [3.05, 3.63) is 0 Å². The van der Waals surface area contributed by atoms with Crippen molar-refractivity contribution < 1.29 is 15.0 Å². The minimum absolute atomic E-state index is 0.168. The van der Waals surface area contributed by atoms with E-state index >= 15 is 0 Å². The minimum atomic E-state index is -0.929. The number of hydrogen-bond donors (Lipinski definition) is 2. The third kappa shape index (κ3) is 1.07. The smallest absolute Gasteiger partial charge is 0.141 e. The zero-order valence-electron chi connectivity index (χ0n) is 7.92. The number of aliphatic hydroxyl groups is 2. The molecule has 2 rings (SSSR count). The highest BCUT2D eigenvalue weighted by molar-refractivity contribution is 5.88. The molecule has 3 nitrogen and oxygen atoms in total. The van der Waals surface area contributed by atoms with Gasteiger partial charge < -0.3 is 10.2 Å². The predicted molar refractivity (Wildman–Crippen MR) is 47.2 cm³/mol. The summed E-state index contributed by atoms with van der Waals surface area (Å²) in [5.41, 5.74) is -1.51. The molecule has 74 valence electrons. The number of carbonyl (C=O) groups is 1. The Bertz CT molecular complexity index is 251. The van der Waals surface area contributed by atoms with E-state index in [-0.39, 0.29) is 5.78 Å². The van der Waals surface area contributed by atoms with Crippen LogP contribution >= 0.6 is 0 Å². The normalized spacial score (nSPS) is 50.7. The predicted octanol–water partition coefficient (Wildman–Crippen LogP) is 0.632. The van der Waals surface area contributed by atoms with E-state index in [0.717, 1.165) is 0 Å². The van der Waals surface area contributed by atoms with E-state index in [1.807, 2.05) is 6.92 Å². The first kappa shape index (κ1) is 9.16. The second-order valence-electron chi connectivity index (χ2n) is 4.68. The van der Waals surface area contributed by atoms with Crippen LogP contribution in [0.2, 0.25) is 0 Å². The molecule has 0 spiro atoms. The van der Waals surface area contributed by atoms with Crippen LogP contribution in [-0.4, -0.2) is 27.7 Å². The van der Waals surface area contributed by atoms with E-state index < -0.39 is 17.1 Å². The highest BCUT2D eigenvalue weighted by Gasteiger charge is 2.58. The van der Waals surface area contributed by atoms with E-state index in [9.17, 15) is 15.0 Å². The van der Waals surface area contributed by atoms with Crippen molar-refractivity contribution >= 4 is 5.78 Å². The fourth-order valence-corrected chi connectivity index (χ4v) is 2.78. The summed E-state index contributed by atoms with van der Waals surface area (Å²) < 4.78 is 0. The molecule has 3 atom stereocenters. The van der Waals surface area contributed by atoms with E-state index in [1.54, 1.807) is 0 Å². The molecule has 2 N–H and O–H groups in total. The Balaban J connectivity index is 2.32. The van der Waals surface area contributed by atoms with Crippen molar-refractivity contribution in [3.63, 3.8) is 0 Å². The molecule has 0 saturated heterocycles. The molecule has 2 fully saturated rings. The minimum Gasteiger partial charge on any atom is -0.393 e. The largest absolute Gasteiger partial charge is 0.393 e. The molecule has 2 aliphatic carbocycles. The molecule has 3 unspecified atom stereocenters. The third-order valence-electron chi connectivity index (χ3n) is 3.96. The number of ketones is 1. The van der Waals surface area contributed by atoms with E-state index in [1.165, 1.54) is 0 Å². The van der Waals surface area contributed by atoms with Crippen molar-refractivity contribution in [2.24, 2.45) is 5.41 Å². The zero-order valence-corrected chi connectivity index (χ0v) is 7.92. The molecular weight excluding hydrogens is 168 g/mol. The first-order valence-electron chi connectivity index (χ1n) is 4.92. The Morgan fingerprint density at radius 1 is 1.46 bits per heavy atom. The van der Waals surface area contributed by atoms with Crippen LogP contribution in [0.5, 0.6) is 0 Å². The molecule has 0 amide bonds. The van der Waals surface area contributed by atoms with Crippen LogP contribution in [0.25, 0.3) is 0 Å². The molecule has 0 bridgehead atoms. The van der Waals surface area contributed by atoms with Gasteiger partial charge in [-0.25, -0.2) is 0 Å². The van der Waals surface area contributed by atoms with Crippen LogP contribution in [-0.2, 0) is 4.79 Å². The van der Waals surface area contributed by atoms with Gasteiger partial charge in [-0.15, -0.1) is 0 Å². The number of Topliss-reactive ketones (excluding diaryl/α,β-unsaturated/α-hetero) is 1. The SMILES string of the molecule is CC12CCC(O)CC1(O)CCC2=O. The van der Waals surface area contributed by atoms with E-state index in [0.29, 0.717) is 32.1 Å². The molecule has 0 aromatic rings. The van der Waals surface area contributed by atoms with Gasteiger partial charge in [0, 0.05) is 12.8 Å². The molecule has 13 heavy (non-hydrogen) atoms. The van der Waals surface area contributed by atoms with Gasteiger partial charge in [0.05, 0.1) is 17.1 Å². The fourth-order valence-electron chi connectivity index (χ4n) is 2.78. The van der Waals surface area contributed by atoms with Crippen LogP contribution in [0.15, 0.2) is 0 Å². The first-order chi connectivity index (χ1) is 5.98. The first-order valence-corrected chi connectivity index (χ1v) is 4.92. The fraction of sp³-hybridized carbons (Fsp3) is 0.900. The van der Waals surface area contributed by atoms with Gasteiger partial charge in [-0.05, 0) is 26.2 Å². The molecule has 2 aliphatic rings. The van der Waals surface area contributed by atoms with Crippen molar-refractivity contribution in [2.75, 3.05) is 0 Å². The van der Waals surface area contributed by atoms with Crippen LogP contribution in [0.3, 0.4) is 0 Å². The summed E-state index contributed by atoms with van der Waals surface area (Å²) in [6, 6.07) is 0. The van der Waals surface area contributed by atoms with Gasteiger partial charge in [0.2, 0.25) is 0 Å². The second kappa shape index (κ2) is 2.55. The quantitative estimate of drug-likeness (QED) is 0.580. The molecule has 0 aromatic carbocycles. The third-order valence-corrected chi connectivity index (χ3v) is 3.96. The van der Waals surface area contributed by atoms with Gasteiger partial charge >= 0.3 is 0 Å². The maximum atomic E-state index is 11.6. The number of carbonyl (C=O) groups excluding carboxylic acids is 1. The summed E-state index contributed by atoms with van der Waals surface area (Å²) in [7, 11) is 0. The highest BCUT2D eigenvalue weighted by Crippen LogP contribution is 2.52. The number of fused-ring (bicyclic) bond motifs is 1. The topological polar surface area (TPSA) is 57.5 Å². The summed E-state index contributed by atoms with van der Waals surface area (Å²) >= 11 is 0. The second-order valence-corrected chi connectivity index (χ2v) is 4.68. The number of hydrogen-bond acceptors (Lipinski definition) is 3. The van der Waals surface area contributed by atoms with Crippen molar-refractivity contribution in [2.45, 2.75) is 50.7 Å². The monoisotopic (exact) mass is 184 g/mol. The summed E-state index contributed by atoms with van der Waals surface area (Å²) in [6.07, 6.45) is 2.21. The van der Waals surface area contributed by atoms with Crippen LogP contribution in [0.4, 0.5) is 0 Å². The molecule has 0 radical (unpaired) electrons. The van der Waals surface area contributed by atoms with E-state index in [4.69, 9.17) is 0 Å². The van der Waals surface area contributed by atoms with Gasteiger partial charge in [0.15, 0.2) is 0 Å². The summed E-state index contributed by atoms with van der Waals surface area (Å²) in [5.74, 6) is 0.168. The van der Waals surface area contributed by atoms with Gasteiger partial charge in [-0.2, -0.15) is 0 Å². The highest BCUT2D eigenvalue weighted by atomic mass is 16.3. The maximum absolute atomic E-state index is 11.6. The molecule has 0 heterocycles.